The zero-order chi connectivity index (χ0) is 14.1. The second-order valence-corrected chi connectivity index (χ2v) is 4.90. The van der Waals surface area contributed by atoms with E-state index in [1.807, 2.05) is 24.3 Å². The molecule has 0 bridgehead atoms. The fourth-order valence-corrected chi connectivity index (χ4v) is 2.26. The lowest BCUT2D eigenvalue weighted by Gasteiger charge is -2.06. The Labute approximate surface area is 120 Å². The van der Waals surface area contributed by atoms with Gasteiger partial charge in [-0.2, -0.15) is 0 Å². The molecule has 0 aliphatic rings. The van der Waals surface area contributed by atoms with Crippen LogP contribution in [0.5, 0.6) is 5.75 Å². The van der Waals surface area contributed by atoms with Crippen molar-refractivity contribution < 1.29 is 4.74 Å². The normalized spacial score (nSPS) is 10.7. The average Bonchev–Trinajstić information content (AvgIpc) is 2.47. The SMILES string of the molecule is COc1ccc2[nH]c(-c3ccc(Cl)cc3)cc(=O)c2c1. The van der Waals surface area contributed by atoms with E-state index in [1.54, 1.807) is 31.4 Å². The van der Waals surface area contributed by atoms with Crippen molar-refractivity contribution in [1.29, 1.82) is 0 Å². The summed E-state index contributed by atoms with van der Waals surface area (Å²) in [5.74, 6) is 0.669. The van der Waals surface area contributed by atoms with Gasteiger partial charge in [-0.05, 0) is 35.9 Å². The van der Waals surface area contributed by atoms with Crippen molar-refractivity contribution in [3.8, 4) is 17.0 Å². The van der Waals surface area contributed by atoms with E-state index in [4.69, 9.17) is 16.3 Å². The van der Waals surface area contributed by atoms with Gasteiger partial charge in [0.1, 0.15) is 5.75 Å². The maximum Gasteiger partial charge on any atom is 0.190 e. The third-order valence-electron chi connectivity index (χ3n) is 3.19. The number of aromatic amines is 1. The van der Waals surface area contributed by atoms with Crippen molar-refractivity contribution in [3.63, 3.8) is 0 Å². The smallest absolute Gasteiger partial charge is 0.190 e. The first-order valence-corrected chi connectivity index (χ1v) is 6.52. The topological polar surface area (TPSA) is 42.1 Å². The van der Waals surface area contributed by atoms with Crippen LogP contribution in [0.25, 0.3) is 22.2 Å². The van der Waals surface area contributed by atoms with E-state index in [9.17, 15) is 4.79 Å². The molecule has 1 aromatic heterocycles. The molecule has 3 rings (SSSR count). The number of rotatable bonds is 2. The molecular formula is C16H12ClNO2. The fraction of sp³-hybridized carbons (Fsp3) is 0.0625. The van der Waals surface area contributed by atoms with Gasteiger partial charge < -0.3 is 9.72 Å². The Hall–Kier alpha value is -2.26. The van der Waals surface area contributed by atoms with Crippen molar-refractivity contribution >= 4 is 22.5 Å². The molecule has 0 unspecified atom stereocenters. The van der Waals surface area contributed by atoms with Crippen LogP contribution in [0, 0.1) is 0 Å². The Morgan fingerprint density at radius 3 is 2.50 bits per heavy atom. The van der Waals surface area contributed by atoms with Gasteiger partial charge in [-0.15, -0.1) is 0 Å². The average molecular weight is 286 g/mol. The summed E-state index contributed by atoms with van der Waals surface area (Å²) in [5.41, 5.74) is 2.43. The van der Waals surface area contributed by atoms with Gasteiger partial charge in [-0.3, -0.25) is 4.79 Å². The summed E-state index contributed by atoms with van der Waals surface area (Å²) in [6, 6.07) is 14.3. The van der Waals surface area contributed by atoms with Crippen LogP contribution < -0.4 is 10.2 Å². The van der Waals surface area contributed by atoms with Crippen molar-refractivity contribution in [2.24, 2.45) is 0 Å². The summed E-state index contributed by atoms with van der Waals surface area (Å²) < 4.78 is 5.14. The largest absolute Gasteiger partial charge is 0.497 e. The number of hydrogen-bond acceptors (Lipinski definition) is 2. The number of H-pyrrole nitrogens is 1. The quantitative estimate of drug-likeness (QED) is 0.777. The first-order chi connectivity index (χ1) is 9.67. The number of aromatic nitrogens is 1. The van der Waals surface area contributed by atoms with Crippen molar-refractivity contribution in [1.82, 2.24) is 4.98 Å². The van der Waals surface area contributed by atoms with Crippen molar-refractivity contribution in [2.45, 2.75) is 0 Å². The highest BCUT2D eigenvalue weighted by atomic mass is 35.5. The standard InChI is InChI=1S/C16H12ClNO2/c1-20-12-6-7-14-13(8-12)16(19)9-15(18-14)10-2-4-11(17)5-3-10/h2-9H,1H3,(H,18,19). The van der Waals surface area contributed by atoms with E-state index >= 15 is 0 Å². The molecule has 20 heavy (non-hydrogen) atoms. The predicted molar refractivity (Wildman–Crippen MR) is 81.6 cm³/mol. The van der Waals surface area contributed by atoms with E-state index in [0.717, 1.165) is 16.8 Å². The van der Waals surface area contributed by atoms with Crippen LogP contribution in [0.3, 0.4) is 0 Å². The summed E-state index contributed by atoms with van der Waals surface area (Å²) in [6.45, 7) is 0. The zero-order valence-corrected chi connectivity index (χ0v) is 11.6. The maximum absolute atomic E-state index is 12.2. The highest BCUT2D eigenvalue weighted by Gasteiger charge is 2.05. The first-order valence-electron chi connectivity index (χ1n) is 6.14. The Morgan fingerprint density at radius 1 is 1.05 bits per heavy atom. The number of fused-ring (bicyclic) bond motifs is 1. The van der Waals surface area contributed by atoms with Crippen molar-refractivity contribution in [2.75, 3.05) is 7.11 Å². The minimum Gasteiger partial charge on any atom is -0.497 e. The van der Waals surface area contributed by atoms with Crippen LogP contribution in [0.1, 0.15) is 0 Å². The van der Waals surface area contributed by atoms with Gasteiger partial charge in [-0.25, -0.2) is 0 Å². The summed E-state index contributed by atoms with van der Waals surface area (Å²) in [6.07, 6.45) is 0. The molecule has 4 heteroatoms. The molecule has 0 aliphatic heterocycles. The molecule has 3 aromatic rings. The lowest BCUT2D eigenvalue weighted by atomic mass is 10.1. The lowest BCUT2D eigenvalue weighted by Crippen LogP contribution is -2.03. The Morgan fingerprint density at radius 2 is 1.80 bits per heavy atom. The number of hydrogen-bond donors (Lipinski definition) is 1. The molecule has 0 radical (unpaired) electrons. The van der Waals surface area contributed by atoms with E-state index < -0.39 is 0 Å². The number of halogens is 1. The number of pyridine rings is 1. The third-order valence-corrected chi connectivity index (χ3v) is 3.44. The summed E-state index contributed by atoms with van der Waals surface area (Å²) >= 11 is 5.87. The molecule has 0 atom stereocenters. The molecule has 0 saturated heterocycles. The summed E-state index contributed by atoms with van der Waals surface area (Å²) in [5, 5.41) is 1.28. The lowest BCUT2D eigenvalue weighted by molar-refractivity contribution is 0.415. The van der Waals surface area contributed by atoms with Crippen LogP contribution in [0.2, 0.25) is 5.02 Å². The Bertz CT molecular complexity index is 822. The molecule has 1 heterocycles. The molecule has 0 spiro atoms. The minimum absolute atomic E-state index is 0.0393. The van der Waals surface area contributed by atoms with Crippen LogP contribution in [0.4, 0.5) is 0 Å². The molecule has 3 nitrogen and oxygen atoms in total. The third kappa shape index (κ3) is 2.28. The van der Waals surface area contributed by atoms with Gasteiger partial charge in [0.25, 0.3) is 0 Å². The number of nitrogens with one attached hydrogen (secondary N) is 1. The Kier molecular flexibility index (Phi) is 3.20. The molecule has 2 aromatic carbocycles. The van der Waals surface area contributed by atoms with E-state index in [0.29, 0.717) is 16.2 Å². The van der Waals surface area contributed by atoms with Gasteiger partial charge in [0, 0.05) is 27.7 Å². The van der Waals surface area contributed by atoms with E-state index in [-0.39, 0.29) is 5.43 Å². The first kappa shape index (κ1) is 12.8. The molecule has 0 aliphatic carbocycles. The zero-order valence-electron chi connectivity index (χ0n) is 10.8. The number of methoxy groups -OCH3 is 1. The van der Waals surface area contributed by atoms with Crippen LogP contribution in [0.15, 0.2) is 53.3 Å². The second kappa shape index (κ2) is 5.02. The predicted octanol–water partition coefficient (Wildman–Crippen LogP) is 3.86. The van der Waals surface area contributed by atoms with Gasteiger partial charge in [-0.1, -0.05) is 23.7 Å². The number of ether oxygens (including phenoxy) is 1. The molecule has 0 amide bonds. The van der Waals surface area contributed by atoms with Gasteiger partial charge in [0.2, 0.25) is 0 Å². The number of benzene rings is 2. The molecule has 100 valence electrons. The van der Waals surface area contributed by atoms with Crippen LogP contribution in [-0.4, -0.2) is 12.1 Å². The minimum atomic E-state index is -0.0393. The van der Waals surface area contributed by atoms with Gasteiger partial charge in [0.15, 0.2) is 5.43 Å². The molecule has 0 saturated carbocycles. The maximum atomic E-state index is 12.2. The summed E-state index contributed by atoms with van der Waals surface area (Å²) in [7, 11) is 1.58. The summed E-state index contributed by atoms with van der Waals surface area (Å²) in [4.78, 5) is 15.5. The van der Waals surface area contributed by atoms with E-state index in [1.165, 1.54) is 0 Å². The van der Waals surface area contributed by atoms with Crippen LogP contribution in [-0.2, 0) is 0 Å². The molecular weight excluding hydrogens is 274 g/mol. The van der Waals surface area contributed by atoms with Crippen LogP contribution >= 0.6 is 11.6 Å². The van der Waals surface area contributed by atoms with E-state index in [2.05, 4.69) is 4.98 Å². The highest BCUT2D eigenvalue weighted by Crippen LogP contribution is 2.22. The molecule has 1 N–H and O–H groups in total. The fourth-order valence-electron chi connectivity index (χ4n) is 2.14. The van der Waals surface area contributed by atoms with Gasteiger partial charge >= 0.3 is 0 Å². The monoisotopic (exact) mass is 285 g/mol. The Balaban J connectivity index is 2.19. The second-order valence-electron chi connectivity index (χ2n) is 4.47. The van der Waals surface area contributed by atoms with Gasteiger partial charge in [0.05, 0.1) is 7.11 Å². The molecule has 0 fully saturated rings. The van der Waals surface area contributed by atoms with Crippen molar-refractivity contribution in [3.05, 3.63) is 63.8 Å². The highest BCUT2D eigenvalue weighted by molar-refractivity contribution is 6.30.